The first-order valence-corrected chi connectivity index (χ1v) is 18.0. The number of benzene rings is 3. The number of carboxylic acid groups (broad SMARTS) is 1. The first-order chi connectivity index (χ1) is 25.7. The van der Waals surface area contributed by atoms with Crippen molar-refractivity contribution in [3.8, 4) is 11.3 Å². The summed E-state index contributed by atoms with van der Waals surface area (Å²) in [6, 6.07) is 30.2. The highest BCUT2D eigenvalue weighted by Gasteiger charge is 2.40. The van der Waals surface area contributed by atoms with Crippen molar-refractivity contribution in [1.29, 1.82) is 0 Å². The summed E-state index contributed by atoms with van der Waals surface area (Å²) in [5, 5.41) is 32.5. The number of aromatic nitrogens is 2. The van der Waals surface area contributed by atoms with E-state index in [1.54, 1.807) is 20.0 Å². The second-order valence-corrected chi connectivity index (χ2v) is 14.8. The van der Waals surface area contributed by atoms with Crippen LogP contribution in [-0.4, -0.2) is 74.4 Å². The average Bonchev–Trinajstić information content (AvgIpc) is 3.49. The number of hydrogen-bond donors (Lipinski definition) is 4. The number of hydrogen-bond acceptors (Lipinski definition) is 7. The second kappa shape index (κ2) is 17.3. The Labute approximate surface area is 316 Å². The van der Waals surface area contributed by atoms with Gasteiger partial charge in [0.2, 0.25) is 5.91 Å². The first-order valence-electron chi connectivity index (χ1n) is 18.0. The SMILES string of the molecule is Cc1noc(C)c1C(=O)N[C@@H](C(c1ccccc1)c1ccccc1)[C@@H](O)C[C@H](Cc1ccc(-c2ccccn2)cc1)NC(=O)[C@@H](N(C)C(=O)O)C(C)(C)C. The van der Waals surface area contributed by atoms with Crippen LogP contribution in [0.25, 0.3) is 11.3 Å². The van der Waals surface area contributed by atoms with Gasteiger partial charge >= 0.3 is 6.09 Å². The summed E-state index contributed by atoms with van der Waals surface area (Å²) in [4.78, 5) is 45.7. The molecular weight excluding hydrogens is 683 g/mol. The Hall–Kier alpha value is -5.81. The van der Waals surface area contributed by atoms with Gasteiger partial charge in [-0.1, -0.05) is 117 Å². The second-order valence-electron chi connectivity index (χ2n) is 14.8. The Balaban J connectivity index is 1.55. The highest BCUT2D eigenvalue weighted by atomic mass is 16.5. The zero-order chi connectivity index (χ0) is 39.0. The van der Waals surface area contributed by atoms with E-state index in [2.05, 4.69) is 20.8 Å². The predicted molar refractivity (Wildman–Crippen MR) is 207 cm³/mol. The van der Waals surface area contributed by atoms with E-state index in [0.29, 0.717) is 17.9 Å². The fourth-order valence-electron chi connectivity index (χ4n) is 7.16. The van der Waals surface area contributed by atoms with E-state index >= 15 is 0 Å². The van der Waals surface area contributed by atoms with Crippen LogP contribution in [0.15, 0.2) is 114 Å². The topological polar surface area (TPSA) is 158 Å². The fourth-order valence-corrected chi connectivity index (χ4v) is 7.16. The molecule has 3 aromatic carbocycles. The molecule has 11 nitrogen and oxygen atoms in total. The van der Waals surface area contributed by atoms with E-state index in [0.717, 1.165) is 32.8 Å². The minimum absolute atomic E-state index is 0.0180. The van der Waals surface area contributed by atoms with E-state index in [4.69, 9.17) is 4.52 Å². The molecule has 2 heterocycles. The van der Waals surface area contributed by atoms with Gasteiger partial charge < -0.3 is 25.4 Å². The molecule has 54 heavy (non-hydrogen) atoms. The van der Waals surface area contributed by atoms with Crippen LogP contribution in [0.3, 0.4) is 0 Å². The molecule has 0 spiro atoms. The van der Waals surface area contributed by atoms with Gasteiger partial charge in [0.15, 0.2) is 0 Å². The third-order valence-corrected chi connectivity index (χ3v) is 9.68. The molecule has 0 aliphatic heterocycles. The molecule has 282 valence electrons. The molecule has 0 unspecified atom stereocenters. The third kappa shape index (κ3) is 9.59. The number of pyridine rings is 1. The average molecular weight is 732 g/mol. The zero-order valence-electron chi connectivity index (χ0n) is 31.6. The monoisotopic (exact) mass is 731 g/mol. The smallest absolute Gasteiger partial charge is 0.407 e. The van der Waals surface area contributed by atoms with Gasteiger partial charge in [0.05, 0.1) is 23.5 Å². The quantitative estimate of drug-likeness (QED) is 0.0973. The molecular formula is C43H49N5O6. The maximum Gasteiger partial charge on any atom is 0.407 e. The van der Waals surface area contributed by atoms with Gasteiger partial charge in [-0.15, -0.1) is 0 Å². The van der Waals surface area contributed by atoms with E-state index < -0.39 is 53.5 Å². The number of nitrogens with zero attached hydrogens (tertiary/aromatic N) is 3. The van der Waals surface area contributed by atoms with E-state index in [1.807, 2.05) is 124 Å². The number of likely N-dealkylation sites (N-methyl/N-ethyl adjacent to an activating group) is 1. The standard InChI is InChI=1S/C43H49N5O6/c1-27-36(28(2)54-47-27)40(50)46-38(37(31-15-9-7-10-16-31)32-17-11-8-12-18-32)35(49)26-33(45-41(51)39(43(3,4)5)48(6)42(52)53)25-29-20-22-30(23-21-29)34-19-13-14-24-44-34/h7-24,33,35,37-39,49H,25-26H2,1-6H3,(H,45,51)(H,46,50)(H,52,53)/t33-,35-,38+,39+/m0/s1. The van der Waals surface area contributed by atoms with Gasteiger partial charge in [0, 0.05) is 30.8 Å². The van der Waals surface area contributed by atoms with Crippen LogP contribution < -0.4 is 10.6 Å². The van der Waals surface area contributed by atoms with Crippen molar-refractivity contribution in [2.75, 3.05) is 7.05 Å². The lowest BCUT2D eigenvalue weighted by atomic mass is 9.80. The maximum atomic E-state index is 14.1. The number of carbonyl (C=O) groups is 3. The van der Waals surface area contributed by atoms with Gasteiger partial charge in [-0.25, -0.2) is 4.79 Å². The Morgan fingerprint density at radius 1 is 0.833 bits per heavy atom. The highest BCUT2D eigenvalue weighted by molar-refractivity contribution is 5.96. The van der Waals surface area contributed by atoms with Crippen molar-refractivity contribution in [2.45, 2.75) is 77.6 Å². The number of aryl methyl sites for hydroxylation is 2. The molecule has 0 saturated heterocycles. The highest BCUT2D eigenvalue weighted by Crippen LogP contribution is 2.32. The Morgan fingerprint density at radius 3 is 1.93 bits per heavy atom. The normalized spacial score (nSPS) is 13.8. The van der Waals surface area contributed by atoms with E-state index in [1.165, 1.54) is 7.05 Å². The van der Waals surface area contributed by atoms with Crippen LogP contribution in [0.1, 0.15) is 71.6 Å². The lowest BCUT2D eigenvalue weighted by molar-refractivity contribution is -0.129. The molecule has 0 aliphatic carbocycles. The van der Waals surface area contributed by atoms with Crippen molar-refractivity contribution in [3.63, 3.8) is 0 Å². The molecule has 0 fully saturated rings. The minimum atomic E-state index is -1.23. The summed E-state index contributed by atoms with van der Waals surface area (Å²) in [5.74, 6) is -1.09. The predicted octanol–water partition coefficient (Wildman–Crippen LogP) is 6.79. The molecule has 0 saturated carbocycles. The van der Waals surface area contributed by atoms with Gasteiger partial charge in [-0.05, 0) is 60.9 Å². The number of aliphatic hydroxyl groups is 1. The number of rotatable bonds is 14. The summed E-state index contributed by atoms with van der Waals surface area (Å²) in [6.07, 6.45) is -0.380. The number of carbonyl (C=O) groups excluding carboxylic acids is 2. The van der Waals surface area contributed by atoms with Crippen molar-refractivity contribution in [3.05, 3.63) is 143 Å². The van der Waals surface area contributed by atoms with Gasteiger partial charge in [-0.3, -0.25) is 19.5 Å². The molecule has 0 radical (unpaired) electrons. The van der Waals surface area contributed by atoms with Gasteiger partial charge in [0.25, 0.3) is 5.91 Å². The van der Waals surface area contributed by atoms with Crippen LogP contribution in [0.2, 0.25) is 0 Å². The number of nitrogens with one attached hydrogen (secondary N) is 2. The van der Waals surface area contributed by atoms with Crippen LogP contribution in [0, 0.1) is 19.3 Å². The number of amides is 3. The largest absolute Gasteiger partial charge is 0.465 e. The molecule has 5 rings (SSSR count). The van der Waals surface area contributed by atoms with Crippen molar-refractivity contribution in [2.24, 2.45) is 5.41 Å². The van der Waals surface area contributed by atoms with Crippen LogP contribution in [0.4, 0.5) is 4.79 Å². The zero-order valence-corrected chi connectivity index (χ0v) is 31.6. The van der Waals surface area contributed by atoms with Crippen LogP contribution in [-0.2, 0) is 11.2 Å². The Kier molecular flexibility index (Phi) is 12.7. The molecule has 5 aromatic rings. The summed E-state index contributed by atoms with van der Waals surface area (Å²) in [7, 11) is 1.38. The Bertz CT molecular complexity index is 1940. The van der Waals surface area contributed by atoms with Crippen LogP contribution in [0.5, 0.6) is 0 Å². The fraction of sp³-hybridized carbons (Fsp3) is 0.326. The molecule has 0 bridgehead atoms. The summed E-state index contributed by atoms with van der Waals surface area (Å²) >= 11 is 0. The molecule has 4 N–H and O–H groups in total. The summed E-state index contributed by atoms with van der Waals surface area (Å²) in [6.45, 7) is 8.77. The van der Waals surface area contributed by atoms with Crippen LogP contribution >= 0.6 is 0 Å². The van der Waals surface area contributed by atoms with E-state index in [-0.39, 0.29) is 12.0 Å². The van der Waals surface area contributed by atoms with Crippen molar-refractivity contribution < 1.29 is 29.1 Å². The lowest BCUT2D eigenvalue weighted by Gasteiger charge is -2.37. The first kappa shape index (κ1) is 39.4. The lowest BCUT2D eigenvalue weighted by Crippen LogP contribution is -2.57. The third-order valence-electron chi connectivity index (χ3n) is 9.68. The summed E-state index contributed by atoms with van der Waals surface area (Å²) < 4.78 is 5.31. The van der Waals surface area contributed by atoms with E-state index in [9.17, 15) is 24.6 Å². The molecule has 4 atom stereocenters. The molecule has 0 aliphatic rings. The van der Waals surface area contributed by atoms with Crippen molar-refractivity contribution in [1.82, 2.24) is 25.7 Å². The maximum absolute atomic E-state index is 14.1. The summed E-state index contributed by atoms with van der Waals surface area (Å²) in [5.41, 5.74) is 4.32. The van der Waals surface area contributed by atoms with Gasteiger partial charge in [0.1, 0.15) is 17.4 Å². The molecule has 11 heteroatoms. The molecule has 2 aromatic heterocycles. The molecule has 3 amide bonds. The number of aliphatic hydroxyl groups excluding tert-OH is 1. The van der Waals surface area contributed by atoms with Gasteiger partial charge in [-0.2, -0.15) is 0 Å². The Morgan fingerprint density at radius 2 is 1.43 bits per heavy atom. The van der Waals surface area contributed by atoms with Crippen molar-refractivity contribution >= 4 is 17.9 Å². The minimum Gasteiger partial charge on any atom is -0.465 e.